The van der Waals surface area contributed by atoms with E-state index in [2.05, 4.69) is 35.9 Å². The van der Waals surface area contributed by atoms with Crippen LogP contribution >= 0.6 is 12.0 Å². The van der Waals surface area contributed by atoms with Crippen molar-refractivity contribution in [2.24, 2.45) is 20.5 Å². The molecule has 5 aromatic carbocycles. The van der Waals surface area contributed by atoms with E-state index in [9.17, 15) is 18.1 Å². The Morgan fingerprint density at radius 3 is 1.82 bits per heavy atom. The van der Waals surface area contributed by atoms with Crippen LogP contribution in [0.1, 0.15) is 0 Å². The summed E-state index contributed by atoms with van der Waals surface area (Å²) in [6.07, 6.45) is 7.22. The SMILES string of the molecule is C#COc1ccc(N=Nc2ccc(-c3ccc(N=Nc4c(O)ccc5cc(S(=O)(=O)O)cc(SOOO)c45)cc3)cc2)cc1. The standard InChI is InChI=1S/C30H20N4O8S2/c1-2-40-25-14-12-24(13-15-25)32-31-22-8-3-19(4-9-22)20-5-10-23(11-6-20)33-34-30-27(35)16-7-21-17-26(44(37,38)39)18-28(29(21)30)43-42-41-36/h1,3-18,35-36H,(H,37,38,39). The van der Waals surface area contributed by atoms with Gasteiger partial charge in [-0.15, -0.1) is 9.45 Å². The summed E-state index contributed by atoms with van der Waals surface area (Å²) in [5, 5.41) is 40.2. The molecule has 0 saturated carbocycles. The van der Waals surface area contributed by atoms with Crippen LogP contribution in [-0.2, 0) is 19.5 Å². The lowest BCUT2D eigenvalue weighted by molar-refractivity contribution is -0.432. The Kier molecular flexibility index (Phi) is 9.26. The normalized spacial score (nSPS) is 11.8. The smallest absolute Gasteiger partial charge is 0.294 e. The van der Waals surface area contributed by atoms with Crippen LogP contribution in [0.2, 0.25) is 0 Å². The molecule has 5 rings (SSSR count). The third-order valence-electron chi connectivity index (χ3n) is 6.09. The predicted octanol–water partition coefficient (Wildman–Crippen LogP) is 8.69. The van der Waals surface area contributed by atoms with Gasteiger partial charge >= 0.3 is 0 Å². The zero-order valence-electron chi connectivity index (χ0n) is 22.3. The van der Waals surface area contributed by atoms with Gasteiger partial charge in [0.25, 0.3) is 10.1 Å². The molecule has 0 heterocycles. The number of hydrogen-bond acceptors (Lipinski definition) is 12. The lowest BCUT2D eigenvalue weighted by Crippen LogP contribution is -1.98. The molecule has 0 fully saturated rings. The summed E-state index contributed by atoms with van der Waals surface area (Å²) in [7, 11) is -4.57. The summed E-state index contributed by atoms with van der Waals surface area (Å²) >= 11 is 0.445. The maximum Gasteiger partial charge on any atom is 0.294 e. The number of benzene rings is 5. The third-order valence-corrected chi connectivity index (χ3v) is 7.55. The summed E-state index contributed by atoms with van der Waals surface area (Å²) in [5.41, 5.74) is 3.60. The molecule has 220 valence electrons. The second-order valence-corrected chi connectivity index (χ2v) is 11.0. The highest BCUT2D eigenvalue weighted by molar-refractivity contribution is 7.94. The molecule has 5 aromatic rings. The average Bonchev–Trinajstić information content (AvgIpc) is 3.03. The van der Waals surface area contributed by atoms with Gasteiger partial charge in [-0.05, 0) is 83.2 Å². The van der Waals surface area contributed by atoms with Gasteiger partial charge in [0.15, 0.2) is 0 Å². The molecule has 0 amide bonds. The first-order valence-electron chi connectivity index (χ1n) is 12.4. The lowest BCUT2D eigenvalue weighted by Gasteiger charge is -2.10. The molecule has 12 nitrogen and oxygen atoms in total. The zero-order chi connectivity index (χ0) is 31.1. The molecule has 0 aliphatic rings. The van der Waals surface area contributed by atoms with Gasteiger partial charge in [-0.3, -0.25) is 4.55 Å². The highest BCUT2D eigenvalue weighted by Crippen LogP contribution is 2.43. The monoisotopic (exact) mass is 628 g/mol. The molecule has 0 spiro atoms. The number of fused-ring (bicyclic) bond motifs is 1. The van der Waals surface area contributed by atoms with Gasteiger partial charge < -0.3 is 9.84 Å². The van der Waals surface area contributed by atoms with Crippen molar-refractivity contribution in [3.8, 4) is 35.2 Å². The van der Waals surface area contributed by atoms with Gasteiger partial charge in [0.2, 0.25) is 0 Å². The Bertz CT molecular complexity index is 2010. The van der Waals surface area contributed by atoms with Crippen molar-refractivity contribution in [1.29, 1.82) is 0 Å². The fraction of sp³-hybridized carbons (Fsp3) is 0. The van der Waals surface area contributed by atoms with Gasteiger partial charge in [-0.25, -0.2) is 5.26 Å². The minimum Gasteiger partial charge on any atom is -0.506 e. The molecule has 44 heavy (non-hydrogen) atoms. The topological polar surface area (TPSA) is 172 Å². The van der Waals surface area contributed by atoms with Gasteiger partial charge in [0.1, 0.15) is 23.3 Å². The minimum absolute atomic E-state index is 0.000832. The van der Waals surface area contributed by atoms with Crippen molar-refractivity contribution in [2.45, 2.75) is 9.79 Å². The van der Waals surface area contributed by atoms with E-state index in [-0.39, 0.29) is 21.7 Å². The van der Waals surface area contributed by atoms with Crippen molar-refractivity contribution >= 4 is 55.7 Å². The van der Waals surface area contributed by atoms with E-state index in [0.29, 0.717) is 40.2 Å². The van der Waals surface area contributed by atoms with Crippen LogP contribution in [0.15, 0.2) is 127 Å². The molecule has 14 heteroatoms. The molecule has 0 atom stereocenters. The van der Waals surface area contributed by atoms with Crippen LogP contribution in [0.5, 0.6) is 11.5 Å². The Morgan fingerprint density at radius 1 is 0.750 bits per heavy atom. The van der Waals surface area contributed by atoms with E-state index in [1.165, 1.54) is 18.2 Å². The molecular weight excluding hydrogens is 608 g/mol. The van der Waals surface area contributed by atoms with E-state index in [4.69, 9.17) is 16.4 Å². The van der Waals surface area contributed by atoms with Crippen molar-refractivity contribution in [1.82, 2.24) is 0 Å². The molecule has 3 N–H and O–H groups in total. The highest BCUT2D eigenvalue weighted by Gasteiger charge is 2.19. The van der Waals surface area contributed by atoms with Crippen LogP contribution in [0.4, 0.5) is 22.7 Å². The number of azo groups is 2. The first kappa shape index (κ1) is 30.3. The quantitative estimate of drug-likeness (QED) is 0.0341. The van der Waals surface area contributed by atoms with E-state index >= 15 is 0 Å². The zero-order valence-corrected chi connectivity index (χ0v) is 23.9. The highest BCUT2D eigenvalue weighted by atomic mass is 32.2. The summed E-state index contributed by atoms with van der Waals surface area (Å²) < 4.78 is 42.4. The van der Waals surface area contributed by atoms with Crippen LogP contribution in [-0.4, -0.2) is 23.3 Å². The Labute approximate surface area is 255 Å². The summed E-state index contributed by atoms with van der Waals surface area (Å²) in [5.74, 6) is 0.288. The summed E-state index contributed by atoms with van der Waals surface area (Å²) in [6, 6.07) is 26.5. The van der Waals surface area contributed by atoms with Crippen molar-refractivity contribution < 1.29 is 37.4 Å². The van der Waals surface area contributed by atoms with Gasteiger partial charge in [0.05, 0.1) is 38.9 Å². The molecule has 0 aromatic heterocycles. The lowest BCUT2D eigenvalue weighted by atomic mass is 10.1. The fourth-order valence-electron chi connectivity index (χ4n) is 4.05. The van der Waals surface area contributed by atoms with E-state index in [0.717, 1.165) is 17.2 Å². The maximum absolute atomic E-state index is 11.7. The first-order chi connectivity index (χ1) is 21.2. The van der Waals surface area contributed by atoms with E-state index in [1.807, 2.05) is 36.4 Å². The Morgan fingerprint density at radius 2 is 1.30 bits per heavy atom. The summed E-state index contributed by atoms with van der Waals surface area (Å²) in [6.45, 7) is 0. The average molecular weight is 629 g/mol. The summed E-state index contributed by atoms with van der Waals surface area (Å²) in [4.78, 5) is -0.365. The molecule has 0 unspecified atom stereocenters. The van der Waals surface area contributed by atoms with Crippen molar-refractivity contribution in [2.75, 3.05) is 0 Å². The number of nitrogens with zero attached hydrogens (tertiary/aromatic N) is 4. The predicted molar refractivity (Wildman–Crippen MR) is 162 cm³/mol. The molecule has 0 radical (unpaired) electrons. The van der Waals surface area contributed by atoms with Crippen molar-refractivity contribution in [3.63, 3.8) is 0 Å². The second kappa shape index (κ2) is 13.4. The van der Waals surface area contributed by atoms with Crippen LogP contribution in [0.3, 0.4) is 0 Å². The number of phenols is 1. The van der Waals surface area contributed by atoms with Gasteiger partial charge in [-0.2, -0.15) is 23.8 Å². The van der Waals surface area contributed by atoms with Crippen LogP contribution in [0, 0.1) is 12.5 Å². The molecule has 0 bridgehead atoms. The Hall–Kier alpha value is -5.14. The molecule has 0 aliphatic heterocycles. The number of rotatable bonds is 10. The molecular formula is C30H20N4O8S2. The maximum atomic E-state index is 11.7. The minimum atomic E-state index is -4.57. The van der Waals surface area contributed by atoms with Gasteiger partial charge in [-0.1, -0.05) is 41.8 Å². The fourth-order valence-corrected chi connectivity index (χ4v) is 5.25. The number of phenolic OH excluding ortho intramolecular Hbond substituents is 1. The first-order valence-corrected chi connectivity index (χ1v) is 14.6. The van der Waals surface area contributed by atoms with Crippen LogP contribution in [0.25, 0.3) is 21.9 Å². The van der Waals surface area contributed by atoms with Crippen molar-refractivity contribution in [3.05, 3.63) is 97.1 Å². The third kappa shape index (κ3) is 7.25. The number of ether oxygens (including phenoxy) is 1. The van der Waals surface area contributed by atoms with Gasteiger partial charge in [0, 0.05) is 5.39 Å². The number of hydrogen-bond donors (Lipinski definition) is 3. The molecule has 0 saturated heterocycles. The Balaban J connectivity index is 1.35. The van der Waals surface area contributed by atoms with E-state index in [1.54, 1.807) is 36.4 Å². The number of terminal acetylenes is 1. The molecule has 0 aliphatic carbocycles. The van der Waals surface area contributed by atoms with Crippen LogP contribution < -0.4 is 4.74 Å². The second-order valence-electron chi connectivity index (χ2n) is 8.86. The largest absolute Gasteiger partial charge is 0.506 e. The number of aromatic hydroxyl groups is 1. The van der Waals surface area contributed by atoms with E-state index < -0.39 is 15.0 Å².